The fraction of sp³-hybridized carbons (Fsp3) is 0.0588. The van der Waals surface area contributed by atoms with Crippen LogP contribution in [0.15, 0.2) is 30.5 Å². The standard InChI is InChI=1S/C17H7Cl2F5N6O/c18-9-3-13(26-6-7(5-25)16-27-29-30-28-16)14(4-10(9)19)31-15-11(20)1-8(2-12(15)21)17(22,23)24/h1-4,6,26H,(H,27,28,29,30). The summed E-state index contributed by atoms with van der Waals surface area (Å²) in [6.45, 7) is 0. The zero-order valence-electron chi connectivity index (χ0n) is 14.7. The molecule has 160 valence electrons. The predicted octanol–water partition coefficient (Wildman–Crippen LogP) is 5.57. The summed E-state index contributed by atoms with van der Waals surface area (Å²) in [5.41, 5.74) is -1.63. The first kappa shape index (κ1) is 22.3. The van der Waals surface area contributed by atoms with Gasteiger partial charge in [-0.2, -0.15) is 23.6 Å². The number of benzene rings is 2. The van der Waals surface area contributed by atoms with E-state index in [2.05, 4.69) is 25.9 Å². The van der Waals surface area contributed by atoms with Crippen LogP contribution in [0.1, 0.15) is 11.4 Å². The molecule has 1 aromatic heterocycles. The van der Waals surface area contributed by atoms with Gasteiger partial charge in [0.15, 0.2) is 23.1 Å². The molecule has 2 N–H and O–H groups in total. The summed E-state index contributed by atoms with van der Waals surface area (Å²) in [4.78, 5) is 0. The number of nitriles is 1. The first-order valence-corrected chi connectivity index (χ1v) is 8.69. The average molecular weight is 477 g/mol. The Hall–Kier alpha value is -3.43. The molecule has 0 aliphatic rings. The maximum atomic E-state index is 14.2. The van der Waals surface area contributed by atoms with E-state index in [9.17, 15) is 27.2 Å². The van der Waals surface area contributed by atoms with E-state index in [1.165, 1.54) is 6.07 Å². The maximum absolute atomic E-state index is 14.2. The Bertz CT molecular complexity index is 1170. The monoisotopic (exact) mass is 476 g/mol. The van der Waals surface area contributed by atoms with Crippen molar-refractivity contribution in [2.45, 2.75) is 6.18 Å². The summed E-state index contributed by atoms with van der Waals surface area (Å²) in [5, 5.41) is 24.5. The zero-order chi connectivity index (χ0) is 22.8. The van der Waals surface area contributed by atoms with Crippen molar-refractivity contribution in [3.8, 4) is 17.6 Å². The lowest BCUT2D eigenvalue weighted by molar-refractivity contribution is -0.138. The summed E-state index contributed by atoms with van der Waals surface area (Å²) >= 11 is 11.9. The van der Waals surface area contributed by atoms with E-state index in [1.807, 2.05) is 0 Å². The summed E-state index contributed by atoms with van der Waals surface area (Å²) < 4.78 is 71.7. The van der Waals surface area contributed by atoms with Gasteiger partial charge in [0.1, 0.15) is 11.6 Å². The molecule has 0 aliphatic carbocycles. The molecular weight excluding hydrogens is 470 g/mol. The van der Waals surface area contributed by atoms with Crippen LogP contribution in [0.2, 0.25) is 10.0 Å². The van der Waals surface area contributed by atoms with Crippen molar-refractivity contribution < 1.29 is 26.7 Å². The lowest BCUT2D eigenvalue weighted by atomic mass is 10.2. The van der Waals surface area contributed by atoms with E-state index >= 15 is 0 Å². The number of hydrogen-bond acceptors (Lipinski definition) is 6. The van der Waals surface area contributed by atoms with Crippen LogP contribution in [0, 0.1) is 23.0 Å². The zero-order valence-corrected chi connectivity index (χ0v) is 16.2. The molecule has 0 aliphatic heterocycles. The molecular formula is C17H7Cl2F5N6O. The SMILES string of the molecule is N#CC(=CNc1cc(Cl)c(Cl)cc1Oc1c(F)cc(C(F)(F)F)cc1F)c1nn[nH]n1. The molecule has 0 radical (unpaired) electrons. The molecule has 3 rings (SSSR count). The topological polar surface area (TPSA) is 99.5 Å². The van der Waals surface area contributed by atoms with Gasteiger partial charge in [0.05, 0.1) is 21.3 Å². The van der Waals surface area contributed by atoms with Crippen LogP contribution in [0.5, 0.6) is 11.5 Å². The molecule has 1 heterocycles. The number of hydrogen-bond donors (Lipinski definition) is 2. The Morgan fingerprint density at radius 2 is 1.77 bits per heavy atom. The molecule has 31 heavy (non-hydrogen) atoms. The van der Waals surface area contributed by atoms with E-state index in [1.54, 1.807) is 6.07 Å². The van der Waals surface area contributed by atoms with Gasteiger partial charge in [0.25, 0.3) is 0 Å². The summed E-state index contributed by atoms with van der Waals surface area (Å²) in [6, 6.07) is 4.27. The van der Waals surface area contributed by atoms with Crippen LogP contribution in [0.3, 0.4) is 0 Å². The molecule has 0 unspecified atom stereocenters. The van der Waals surface area contributed by atoms with Crippen molar-refractivity contribution in [2.24, 2.45) is 0 Å². The molecule has 14 heteroatoms. The molecule has 7 nitrogen and oxygen atoms in total. The largest absolute Gasteiger partial charge is 0.449 e. The van der Waals surface area contributed by atoms with Gasteiger partial charge in [0.2, 0.25) is 5.82 Å². The normalized spacial score (nSPS) is 11.9. The van der Waals surface area contributed by atoms with Crippen molar-refractivity contribution >= 4 is 34.5 Å². The molecule has 0 bridgehead atoms. The Labute approximate surface area is 180 Å². The van der Waals surface area contributed by atoms with E-state index in [-0.39, 0.29) is 45.0 Å². The van der Waals surface area contributed by atoms with Crippen LogP contribution >= 0.6 is 23.2 Å². The number of aromatic amines is 1. The number of allylic oxidation sites excluding steroid dienone is 1. The third kappa shape index (κ3) is 5.01. The highest BCUT2D eigenvalue weighted by molar-refractivity contribution is 6.42. The van der Waals surface area contributed by atoms with Gasteiger partial charge in [0, 0.05) is 12.3 Å². The molecule has 3 aromatic rings. The molecule has 2 aromatic carbocycles. The summed E-state index contributed by atoms with van der Waals surface area (Å²) in [5.74, 6) is -4.64. The third-order valence-electron chi connectivity index (χ3n) is 3.64. The predicted molar refractivity (Wildman–Crippen MR) is 99.3 cm³/mol. The van der Waals surface area contributed by atoms with Gasteiger partial charge < -0.3 is 10.1 Å². The van der Waals surface area contributed by atoms with Crippen molar-refractivity contribution in [3.05, 3.63) is 63.5 Å². The number of H-pyrrole nitrogens is 1. The number of aromatic nitrogens is 4. The second-order valence-corrected chi connectivity index (χ2v) is 6.50. The summed E-state index contributed by atoms with van der Waals surface area (Å²) in [7, 11) is 0. The molecule has 0 amide bonds. The smallest absolute Gasteiger partial charge is 0.416 e. The van der Waals surface area contributed by atoms with Crippen LogP contribution in [-0.2, 0) is 6.18 Å². The maximum Gasteiger partial charge on any atom is 0.416 e. The molecule has 0 saturated carbocycles. The quantitative estimate of drug-likeness (QED) is 0.368. The third-order valence-corrected chi connectivity index (χ3v) is 4.36. The van der Waals surface area contributed by atoms with Gasteiger partial charge in [-0.05, 0) is 23.4 Å². The fourth-order valence-electron chi connectivity index (χ4n) is 2.23. The van der Waals surface area contributed by atoms with Crippen molar-refractivity contribution in [1.29, 1.82) is 5.26 Å². The van der Waals surface area contributed by atoms with Gasteiger partial charge in [-0.25, -0.2) is 8.78 Å². The van der Waals surface area contributed by atoms with Crippen molar-refractivity contribution in [3.63, 3.8) is 0 Å². The van der Waals surface area contributed by atoms with E-state index in [0.29, 0.717) is 0 Å². The number of nitrogens with zero attached hydrogens (tertiary/aromatic N) is 4. The first-order chi connectivity index (χ1) is 14.6. The van der Waals surface area contributed by atoms with Crippen LogP contribution < -0.4 is 10.1 Å². The number of anilines is 1. The van der Waals surface area contributed by atoms with Gasteiger partial charge >= 0.3 is 6.18 Å². The lowest BCUT2D eigenvalue weighted by Crippen LogP contribution is -2.07. The Morgan fingerprint density at radius 1 is 1.13 bits per heavy atom. The average Bonchev–Trinajstić information content (AvgIpc) is 3.22. The van der Waals surface area contributed by atoms with E-state index in [0.717, 1.165) is 12.3 Å². The Balaban J connectivity index is 1.99. The van der Waals surface area contributed by atoms with Crippen LogP contribution in [0.25, 0.3) is 5.57 Å². The van der Waals surface area contributed by atoms with Gasteiger partial charge in [-0.3, -0.25) is 0 Å². The van der Waals surface area contributed by atoms with E-state index < -0.39 is 29.1 Å². The summed E-state index contributed by atoms with van der Waals surface area (Å²) in [6.07, 6.45) is -3.83. The second kappa shape index (κ2) is 8.75. The lowest BCUT2D eigenvalue weighted by Gasteiger charge is -2.15. The highest BCUT2D eigenvalue weighted by Crippen LogP contribution is 2.40. The minimum absolute atomic E-state index is 0.0105. The number of tetrazole rings is 1. The van der Waals surface area contributed by atoms with Crippen molar-refractivity contribution in [2.75, 3.05) is 5.32 Å². The van der Waals surface area contributed by atoms with Gasteiger partial charge in [-0.15, -0.1) is 10.2 Å². The molecule has 0 spiro atoms. The number of alkyl halides is 3. The highest BCUT2D eigenvalue weighted by Gasteiger charge is 2.33. The first-order valence-electron chi connectivity index (χ1n) is 7.94. The molecule has 0 atom stereocenters. The number of rotatable bonds is 5. The number of halogens is 7. The fourth-order valence-corrected chi connectivity index (χ4v) is 2.55. The Morgan fingerprint density at radius 3 is 2.32 bits per heavy atom. The van der Waals surface area contributed by atoms with Crippen LogP contribution in [-0.4, -0.2) is 20.6 Å². The van der Waals surface area contributed by atoms with Gasteiger partial charge in [-0.1, -0.05) is 23.2 Å². The van der Waals surface area contributed by atoms with Crippen LogP contribution in [0.4, 0.5) is 27.6 Å². The second-order valence-electron chi connectivity index (χ2n) is 5.68. The highest BCUT2D eigenvalue weighted by atomic mass is 35.5. The molecule has 0 saturated heterocycles. The minimum atomic E-state index is -4.95. The Kier molecular flexibility index (Phi) is 6.28. The van der Waals surface area contributed by atoms with E-state index in [4.69, 9.17) is 27.9 Å². The minimum Gasteiger partial charge on any atom is -0.449 e. The molecule has 0 fully saturated rings. The number of nitrogens with one attached hydrogen (secondary N) is 2. The van der Waals surface area contributed by atoms with Crippen molar-refractivity contribution in [1.82, 2.24) is 20.6 Å². The number of ether oxygens (including phenoxy) is 1.